The number of rotatable bonds is 2. The van der Waals surface area contributed by atoms with Crippen molar-refractivity contribution in [2.24, 2.45) is 0 Å². The zero-order chi connectivity index (χ0) is 12.0. The zero-order valence-electron chi connectivity index (χ0n) is 9.77. The largest absolute Gasteiger partial charge is 0.459 e. The van der Waals surface area contributed by atoms with E-state index in [1.54, 1.807) is 0 Å². The minimum atomic E-state index is -0.349. The van der Waals surface area contributed by atoms with Crippen molar-refractivity contribution in [1.29, 1.82) is 0 Å². The lowest BCUT2D eigenvalue weighted by Gasteiger charge is -2.26. The molecule has 0 aromatic carbocycles. The van der Waals surface area contributed by atoms with Gasteiger partial charge in [-0.25, -0.2) is 0 Å². The Bertz CT molecular complexity index is 283. The van der Waals surface area contributed by atoms with E-state index in [1.165, 1.54) is 13.8 Å². The third kappa shape index (κ3) is 4.47. The van der Waals surface area contributed by atoms with Crippen LogP contribution in [0, 0.1) is 0 Å². The van der Waals surface area contributed by atoms with E-state index < -0.39 is 0 Å². The van der Waals surface area contributed by atoms with Crippen LogP contribution in [0.3, 0.4) is 0 Å². The zero-order valence-corrected chi connectivity index (χ0v) is 9.77. The summed E-state index contributed by atoms with van der Waals surface area (Å²) in [7, 11) is 0. The molecule has 2 atom stereocenters. The van der Waals surface area contributed by atoms with E-state index in [1.807, 2.05) is 6.08 Å². The fraction of sp³-hybridized carbons (Fsp3) is 0.667. The predicted molar refractivity (Wildman–Crippen MR) is 58.7 cm³/mol. The quantitative estimate of drug-likeness (QED) is 0.533. The van der Waals surface area contributed by atoms with E-state index in [-0.39, 0.29) is 24.1 Å². The summed E-state index contributed by atoms with van der Waals surface area (Å²) in [6.07, 6.45) is 6.64. The van der Waals surface area contributed by atoms with Crippen molar-refractivity contribution in [2.45, 2.75) is 51.7 Å². The molecule has 4 nitrogen and oxygen atoms in total. The topological polar surface area (TPSA) is 52.6 Å². The van der Waals surface area contributed by atoms with Gasteiger partial charge in [0.1, 0.15) is 12.2 Å². The van der Waals surface area contributed by atoms with Crippen molar-refractivity contribution in [3.05, 3.63) is 12.2 Å². The van der Waals surface area contributed by atoms with Gasteiger partial charge in [-0.05, 0) is 19.3 Å². The lowest BCUT2D eigenvalue weighted by molar-refractivity contribution is -0.165. The normalized spacial score (nSPS) is 25.4. The monoisotopic (exact) mass is 226 g/mol. The van der Waals surface area contributed by atoms with Gasteiger partial charge in [0.05, 0.1) is 0 Å². The number of allylic oxidation sites excluding steroid dienone is 1. The maximum Gasteiger partial charge on any atom is 0.303 e. The van der Waals surface area contributed by atoms with E-state index >= 15 is 0 Å². The Morgan fingerprint density at radius 3 is 2.31 bits per heavy atom. The van der Waals surface area contributed by atoms with Crippen LogP contribution in [0.25, 0.3) is 0 Å². The van der Waals surface area contributed by atoms with Crippen molar-refractivity contribution in [3.63, 3.8) is 0 Å². The average molecular weight is 226 g/mol. The first kappa shape index (κ1) is 12.7. The lowest BCUT2D eigenvalue weighted by atomic mass is 10.0. The van der Waals surface area contributed by atoms with Gasteiger partial charge >= 0.3 is 11.9 Å². The van der Waals surface area contributed by atoms with Crippen LogP contribution in [0.5, 0.6) is 0 Å². The molecule has 0 saturated heterocycles. The molecule has 0 N–H and O–H groups in total. The molecule has 0 amide bonds. The summed E-state index contributed by atoms with van der Waals surface area (Å²) in [5, 5.41) is 0. The van der Waals surface area contributed by atoms with E-state index in [4.69, 9.17) is 9.47 Å². The minimum Gasteiger partial charge on any atom is -0.459 e. The average Bonchev–Trinajstić information content (AvgIpc) is 2.15. The van der Waals surface area contributed by atoms with Gasteiger partial charge in [0.15, 0.2) is 0 Å². The van der Waals surface area contributed by atoms with Crippen LogP contribution < -0.4 is 0 Å². The fourth-order valence-electron chi connectivity index (χ4n) is 1.81. The molecule has 0 bridgehead atoms. The number of esters is 2. The number of hydrogen-bond acceptors (Lipinski definition) is 4. The van der Waals surface area contributed by atoms with Gasteiger partial charge in [-0.1, -0.05) is 12.2 Å². The van der Waals surface area contributed by atoms with Crippen molar-refractivity contribution in [1.82, 2.24) is 0 Å². The third-order valence-electron chi connectivity index (χ3n) is 2.44. The highest BCUT2D eigenvalue weighted by molar-refractivity contribution is 5.67. The highest BCUT2D eigenvalue weighted by Gasteiger charge is 2.26. The van der Waals surface area contributed by atoms with E-state index in [0.29, 0.717) is 6.42 Å². The molecule has 90 valence electrons. The maximum absolute atomic E-state index is 11.0. The van der Waals surface area contributed by atoms with E-state index in [2.05, 4.69) is 6.08 Å². The Kier molecular flexibility index (Phi) is 5.02. The molecule has 0 saturated carbocycles. The van der Waals surface area contributed by atoms with Crippen molar-refractivity contribution < 1.29 is 19.1 Å². The molecule has 1 aliphatic carbocycles. The minimum absolute atomic E-state index is 0.314. The maximum atomic E-state index is 11.0. The van der Waals surface area contributed by atoms with Gasteiger partial charge in [-0.2, -0.15) is 0 Å². The Morgan fingerprint density at radius 1 is 1.06 bits per heavy atom. The molecule has 0 radical (unpaired) electrons. The van der Waals surface area contributed by atoms with Crippen LogP contribution in [-0.2, 0) is 19.1 Å². The molecule has 0 heterocycles. The van der Waals surface area contributed by atoms with E-state index in [0.717, 1.165) is 19.3 Å². The summed E-state index contributed by atoms with van der Waals surface area (Å²) >= 11 is 0. The fourth-order valence-corrected chi connectivity index (χ4v) is 1.81. The van der Waals surface area contributed by atoms with Crippen LogP contribution in [-0.4, -0.2) is 24.1 Å². The van der Waals surface area contributed by atoms with Crippen molar-refractivity contribution in [3.8, 4) is 0 Å². The van der Waals surface area contributed by atoms with Gasteiger partial charge in [-0.3, -0.25) is 9.59 Å². The molecule has 0 fully saturated rings. The van der Waals surface area contributed by atoms with Crippen LogP contribution in [0.15, 0.2) is 12.2 Å². The van der Waals surface area contributed by atoms with Crippen LogP contribution >= 0.6 is 0 Å². The van der Waals surface area contributed by atoms with Crippen LogP contribution in [0.4, 0.5) is 0 Å². The molecular formula is C12H18O4. The summed E-state index contributed by atoms with van der Waals surface area (Å²) in [5.41, 5.74) is 0. The second-order valence-corrected chi connectivity index (χ2v) is 3.93. The molecule has 2 unspecified atom stereocenters. The Morgan fingerprint density at radius 2 is 1.69 bits per heavy atom. The Balaban J connectivity index is 2.66. The third-order valence-corrected chi connectivity index (χ3v) is 2.44. The molecule has 0 aromatic heterocycles. The van der Waals surface area contributed by atoms with Gasteiger partial charge in [0.2, 0.25) is 0 Å². The number of carbonyl (C=O) groups excluding carboxylic acids is 2. The van der Waals surface area contributed by atoms with Crippen molar-refractivity contribution >= 4 is 11.9 Å². The standard InChI is InChI=1S/C12H18O4/c1-9(13)15-11-7-5-3-4-6-8-12(11)16-10(2)14/h3,5,11-12H,4,6-8H2,1-2H3. The molecule has 1 rings (SSSR count). The summed E-state index contributed by atoms with van der Waals surface area (Å²) < 4.78 is 10.4. The molecule has 4 heteroatoms. The molecule has 1 aliphatic rings. The molecule has 0 aliphatic heterocycles. The highest BCUT2D eigenvalue weighted by Crippen LogP contribution is 2.19. The van der Waals surface area contributed by atoms with Gasteiger partial charge in [0.25, 0.3) is 0 Å². The molecule has 16 heavy (non-hydrogen) atoms. The number of ether oxygens (including phenoxy) is 2. The summed E-state index contributed by atoms with van der Waals surface area (Å²) in [5.74, 6) is -0.664. The Hall–Kier alpha value is -1.32. The first-order valence-electron chi connectivity index (χ1n) is 5.59. The summed E-state index contributed by atoms with van der Waals surface area (Å²) in [4.78, 5) is 21.9. The molecule has 0 spiro atoms. The highest BCUT2D eigenvalue weighted by atomic mass is 16.6. The second-order valence-electron chi connectivity index (χ2n) is 3.93. The van der Waals surface area contributed by atoms with E-state index in [9.17, 15) is 9.59 Å². The SMILES string of the molecule is CC(=O)OC1CC=CCCCC1OC(C)=O. The van der Waals surface area contributed by atoms with Crippen LogP contribution in [0.1, 0.15) is 39.5 Å². The first-order chi connectivity index (χ1) is 7.59. The molecule has 0 aromatic rings. The molecular weight excluding hydrogens is 208 g/mol. The smallest absolute Gasteiger partial charge is 0.303 e. The van der Waals surface area contributed by atoms with Gasteiger partial charge < -0.3 is 9.47 Å². The van der Waals surface area contributed by atoms with Crippen molar-refractivity contribution in [2.75, 3.05) is 0 Å². The predicted octanol–water partition coefficient (Wildman–Crippen LogP) is 1.98. The van der Waals surface area contributed by atoms with Gasteiger partial charge in [0, 0.05) is 20.3 Å². The van der Waals surface area contributed by atoms with Gasteiger partial charge in [-0.15, -0.1) is 0 Å². The number of hydrogen-bond donors (Lipinski definition) is 0. The summed E-state index contributed by atoms with van der Waals surface area (Å²) in [6, 6.07) is 0. The second kappa shape index (κ2) is 6.30. The first-order valence-corrected chi connectivity index (χ1v) is 5.59. The number of carbonyl (C=O) groups is 2. The van der Waals surface area contributed by atoms with Crippen LogP contribution in [0.2, 0.25) is 0 Å². The lowest BCUT2D eigenvalue weighted by Crippen LogP contribution is -2.34. The Labute approximate surface area is 95.6 Å². The summed E-state index contributed by atoms with van der Waals surface area (Å²) in [6.45, 7) is 2.74.